The number of rotatable bonds is 6. The Bertz CT molecular complexity index is 1040. The first-order valence-electron chi connectivity index (χ1n) is 8.13. The number of halogens is 2. The molecule has 0 atom stereocenters. The van der Waals surface area contributed by atoms with Gasteiger partial charge in [-0.1, -0.05) is 41.0 Å². The Morgan fingerprint density at radius 1 is 1.04 bits per heavy atom. The van der Waals surface area contributed by atoms with Crippen molar-refractivity contribution in [2.24, 2.45) is 0 Å². The Hall–Kier alpha value is -2.28. The molecule has 1 aromatic carbocycles. The number of hydrogen-bond donors (Lipinski definition) is 0. The molecule has 0 radical (unpaired) electrons. The first-order chi connectivity index (χ1) is 13.2. The van der Waals surface area contributed by atoms with Crippen molar-refractivity contribution >= 4 is 35.0 Å². The van der Waals surface area contributed by atoms with E-state index in [0.717, 1.165) is 27.9 Å². The van der Waals surface area contributed by atoms with Crippen LogP contribution in [-0.2, 0) is 12.3 Å². The highest BCUT2D eigenvalue weighted by molar-refractivity contribution is 7.98. The van der Waals surface area contributed by atoms with E-state index < -0.39 is 0 Å². The van der Waals surface area contributed by atoms with Gasteiger partial charge in [-0.2, -0.15) is 0 Å². The summed E-state index contributed by atoms with van der Waals surface area (Å²) in [6.07, 6.45) is 5.17. The van der Waals surface area contributed by atoms with Gasteiger partial charge in [-0.25, -0.2) is 0 Å². The van der Waals surface area contributed by atoms with Gasteiger partial charge in [0.2, 0.25) is 0 Å². The molecule has 0 saturated carbocycles. The van der Waals surface area contributed by atoms with Gasteiger partial charge in [-0.05, 0) is 42.0 Å². The molecule has 4 rings (SSSR count). The molecule has 136 valence electrons. The lowest BCUT2D eigenvalue weighted by atomic mass is 10.2. The lowest BCUT2D eigenvalue weighted by molar-refractivity contribution is 0.485. The van der Waals surface area contributed by atoms with E-state index in [0.29, 0.717) is 22.3 Å². The van der Waals surface area contributed by atoms with Crippen LogP contribution in [-0.4, -0.2) is 19.7 Å². The summed E-state index contributed by atoms with van der Waals surface area (Å²) in [6, 6.07) is 13.3. The third kappa shape index (κ3) is 4.18. The van der Waals surface area contributed by atoms with Gasteiger partial charge in [0.25, 0.3) is 0 Å². The lowest BCUT2D eigenvalue weighted by Gasteiger charge is -2.09. The smallest absolute Gasteiger partial charge is 0.192 e. The first kappa shape index (κ1) is 18.1. The quantitative estimate of drug-likeness (QED) is 0.384. The molecule has 0 fully saturated rings. The maximum atomic E-state index is 6.11. The Morgan fingerprint density at radius 3 is 2.70 bits per heavy atom. The SMILES string of the molecule is Clc1ccc(CSc2nnc(-c3cccnc3)n2Cc2ccco2)cc1Cl. The maximum absolute atomic E-state index is 6.11. The summed E-state index contributed by atoms with van der Waals surface area (Å²) in [5.41, 5.74) is 1.96. The van der Waals surface area contributed by atoms with Crippen LogP contribution in [0.25, 0.3) is 11.4 Å². The molecule has 0 N–H and O–H groups in total. The minimum atomic E-state index is 0.536. The highest BCUT2D eigenvalue weighted by Gasteiger charge is 2.16. The summed E-state index contributed by atoms with van der Waals surface area (Å²) in [5.74, 6) is 2.27. The summed E-state index contributed by atoms with van der Waals surface area (Å²) in [6.45, 7) is 0.536. The topological polar surface area (TPSA) is 56.7 Å². The first-order valence-corrected chi connectivity index (χ1v) is 9.87. The molecule has 0 spiro atoms. The molecule has 0 aliphatic carbocycles. The van der Waals surface area contributed by atoms with Crippen molar-refractivity contribution in [2.45, 2.75) is 17.5 Å². The molecule has 5 nitrogen and oxygen atoms in total. The highest BCUT2D eigenvalue weighted by atomic mass is 35.5. The van der Waals surface area contributed by atoms with Crippen molar-refractivity contribution < 1.29 is 4.42 Å². The van der Waals surface area contributed by atoms with Crippen molar-refractivity contribution in [2.75, 3.05) is 0 Å². The zero-order valence-corrected chi connectivity index (χ0v) is 16.4. The van der Waals surface area contributed by atoms with Crippen LogP contribution in [0, 0.1) is 0 Å². The summed E-state index contributed by atoms with van der Waals surface area (Å²) in [5, 5.41) is 10.6. The van der Waals surface area contributed by atoms with Gasteiger partial charge in [0, 0.05) is 23.7 Å². The van der Waals surface area contributed by atoms with Crippen LogP contribution in [0.1, 0.15) is 11.3 Å². The molecule has 0 unspecified atom stereocenters. The number of aromatic nitrogens is 4. The third-order valence-corrected chi connectivity index (χ3v) is 5.66. The molecule has 4 aromatic rings. The molecule has 0 saturated heterocycles. The zero-order chi connectivity index (χ0) is 18.6. The Labute approximate surface area is 170 Å². The number of nitrogens with zero attached hydrogens (tertiary/aromatic N) is 4. The summed E-state index contributed by atoms with van der Waals surface area (Å²) < 4.78 is 7.54. The number of thioether (sulfide) groups is 1. The minimum absolute atomic E-state index is 0.536. The standard InChI is InChI=1S/C19H14Cl2N4OS/c20-16-6-5-13(9-17(16)21)12-27-19-24-23-18(14-3-1-7-22-10-14)25(19)11-15-4-2-8-26-15/h1-10H,11-12H2. The molecule has 0 aliphatic heterocycles. The fourth-order valence-corrected chi connectivity index (χ4v) is 3.78. The van der Waals surface area contributed by atoms with Crippen LogP contribution in [0.2, 0.25) is 10.0 Å². The summed E-state index contributed by atoms with van der Waals surface area (Å²) in [4.78, 5) is 4.18. The van der Waals surface area contributed by atoms with E-state index in [1.54, 1.807) is 36.5 Å². The average molecular weight is 417 g/mol. The fraction of sp³-hybridized carbons (Fsp3) is 0.105. The number of pyridine rings is 1. The van der Waals surface area contributed by atoms with Crippen molar-refractivity contribution in [3.05, 3.63) is 82.5 Å². The van der Waals surface area contributed by atoms with Gasteiger partial charge < -0.3 is 4.42 Å². The van der Waals surface area contributed by atoms with Crippen LogP contribution in [0.15, 0.2) is 70.7 Å². The van der Waals surface area contributed by atoms with Crippen LogP contribution in [0.3, 0.4) is 0 Å². The lowest BCUT2D eigenvalue weighted by Crippen LogP contribution is -2.03. The van der Waals surface area contributed by atoms with E-state index in [4.69, 9.17) is 27.6 Å². The Balaban J connectivity index is 1.63. The third-order valence-electron chi connectivity index (χ3n) is 3.88. The van der Waals surface area contributed by atoms with Gasteiger partial charge in [-0.15, -0.1) is 10.2 Å². The Morgan fingerprint density at radius 2 is 1.96 bits per heavy atom. The van der Waals surface area contributed by atoms with Crippen molar-refractivity contribution in [1.82, 2.24) is 19.7 Å². The monoisotopic (exact) mass is 416 g/mol. The number of benzene rings is 1. The predicted molar refractivity (Wildman–Crippen MR) is 107 cm³/mol. The number of furan rings is 1. The normalized spacial score (nSPS) is 11.0. The summed E-state index contributed by atoms with van der Waals surface area (Å²) >= 11 is 13.7. The highest BCUT2D eigenvalue weighted by Crippen LogP contribution is 2.29. The van der Waals surface area contributed by atoms with Crippen molar-refractivity contribution in [1.29, 1.82) is 0 Å². The van der Waals surface area contributed by atoms with E-state index in [-0.39, 0.29) is 0 Å². The molecular formula is C19H14Cl2N4OS. The molecular weight excluding hydrogens is 403 g/mol. The second kappa shape index (κ2) is 8.17. The van der Waals surface area contributed by atoms with Crippen LogP contribution in [0.5, 0.6) is 0 Å². The largest absolute Gasteiger partial charge is 0.467 e. The molecule has 27 heavy (non-hydrogen) atoms. The molecule has 8 heteroatoms. The van der Waals surface area contributed by atoms with Crippen molar-refractivity contribution in [3.63, 3.8) is 0 Å². The maximum Gasteiger partial charge on any atom is 0.192 e. The number of hydrogen-bond acceptors (Lipinski definition) is 5. The van der Waals surface area contributed by atoms with Gasteiger partial charge in [0.1, 0.15) is 5.76 Å². The fourth-order valence-electron chi connectivity index (χ4n) is 2.58. The molecule has 3 heterocycles. The minimum Gasteiger partial charge on any atom is -0.467 e. The Kier molecular flexibility index (Phi) is 5.48. The second-order valence-electron chi connectivity index (χ2n) is 5.75. The van der Waals surface area contributed by atoms with E-state index in [9.17, 15) is 0 Å². The molecule has 0 amide bonds. The van der Waals surface area contributed by atoms with Crippen LogP contribution < -0.4 is 0 Å². The van der Waals surface area contributed by atoms with E-state index in [2.05, 4.69) is 15.2 Å². The molecule has 0 aliphatic rings. The summed E-state index contributed by atoms with van der Waals surface area (Å²) in [7, 11) is 0. The molecule has 0 bridgehead atoms. The van der Waals surface area contributed by atoms with Crippen LogP contribution in [0.4, 0.5) is 0 Å². The van der Waals surface area contributed by atoms with Gasteiger partial charge in [0.05, 0.1) is 22.9 Å². The predicted octanol–water partition coefficient (Wildman–Crippen LogP) is 5.58. The van der Waals surface area contributed by atoms with Gasteiger partial charge in [-0.3, -0.25) is 9.55 Å². The van der Waals surface area contributed by atoms with Gasteiger partial charge >= 0.3 is 0 Å². The second-order valence-corrected chi connectivity index (χ2v) is 7.51. The van der Waals surface area contributed by atoms with Crippen LogP contribution >= 0.6 is 35.0 Å². The molecule has 3 aromatic heterocycles. The van der Waals surface area contributed by atoms with E-state index in [1.807, 2.05) is 41.0 Å². The van der Waals surface area contributed by atoms with Gasteiger partial charge in [0.15, 0.2) is 11.0 Å². The zero-order valence-electron chi connectivity index (χ0n) is 14.0. The van der Waals surface area contributed by atoms with E-state index in [1.165, 1.54) is 0 Å². The van der Waals surface area contributed by atoms with E-state index >= 15 is 0 Å². The average Bonchev–Trinajstić information content (AvgIpc) is 3.34. The van der Waals surface area contributed by atoms with Crippen molar-refractivity contribution in [3.8, 4) is 11.4 Å².